The zero-order chi connectivity index (χ0) is 17.5. The van der Waals surface area contributed by atoms with Crippen LogP contribution in [0.25, 0.3) is 0 Å². The van der Waals surface area contributed by atoms with Crippen molar-refractivity contribution in [2.75, 3.05) is 6.61 Å². The molecule has 0 saturated carbocycles. The highest BCUT2D eigenvalue weighted by Crippen LogP contribution is 2.27. The molecule has 0 N–H and O–H groups in total. The average molecular weight is 342 g/mol. The second-order valence-electron chi connectivity index (χ2n) is 5.75. The van der Waals surface area contributed by atoms with E-state index in [0.717, 1.165) is 16.9 Å². The largest absolute Gasteiger partial charge is 0.465 e. The van der Waals surface area contributed by atoms with Gasteiger partial charge in [-0.1, -0.05) is 68.5 Å². The number of thiocarbonyl (C=S) groups is 1. The maximum Gasteiger partial charge on any atom is 0.305 e. The van der Waals surface area contributed by atoms with E-state index in [1.807, 2.05) is 49.4 Å². The summed E-state index contributed by atoms with van der Waals surface area (Å²) >= 11 is 5.52. The van der Waals surface area contributed by atoms with Crippen LogP contribution < -0.4 is 0 Å². The lowest BCUT2D eigenvalue weighted by Gasteiger charge is -2.22. The molecule has 4 heteroatoms. The fraction of sp³-hybridized carbons (Fsp3) is 0.350. The van der Waals surface area contributed by atoms with Crippen LogP contribution in [0.1, 0.15) is 43.5 Å². The highest BCUT2D eigenvalue weighted by Gasteiger charge is 2.24. The molecule has 1 aromatic carbocycles. The van der Waals surface area contributed by atoms with Crippen molar-refractivity contribution in [1.82, 2.24) is 0 Å². The number of carbonyl (C=O) groups excluding carboxylic acids is 2. The summed E-state index contributed by atoms with van der Waals surface area (Å²) < 4.78 is 5.26. The normalized spacial score (nSPS) is 15.3. The molecule has 0 bridgehead atoms. The van der Waals surface area contributed by atoms with Crippen LogP contribution in [0.15, 0.2) is 53.6 Å². The molecule has 1 atom stereocenters. The Kier molecular flexibility index (Phi) is 6.62. The number of Topliss-reactive ketones (excluding diaryl/α,β-unsaturated/α-hetero) is 1. The second kappa shape index (κ2) is 8.69. The van der Waals surface area contributed by atoms with Crippen molar-refractivity contribution in [2.24, 2.45) is 5.92 Å². The van der Waals surface area contributed by atoms with Gasteiger partial charge in [-0.2, -0.15) is 0 Å². The molecule has 1 aromatic rings. The maximum atomic E-state index is 12.5. The quantitative estimate of drug-likeness (QED) is 0.416. The van der Waals surface area contributed by atoms with Crippen LogP contribution in [0.5, 0.6) is 0 Å². The van der Waals surface area contributed by atoms with Gasteiger partial charge >= 0.3 is 5.97 Å². The van der Waals surface area contributed by atoms with Crippen LogP contribution in [0.3, 0.4) is 0 Å². The predicted octanol–water partition coefficient (Wildman–Crippen LogP) is 4.48. The highest BCUT2D eigenvalue weighted by molar-refractivity contribution is 7.80. The topological polar surface area (TPSA) is 43.4 Å². The van der Waals surface area contributed by atoms with E-state index in [1.54, 1.807) is 6.92 Å². The van der Waals surface area contributed by atoms with Gasteiger partial charge in [0.15, 0.2) is 5.78 Å². The molecular formula is C20H22O3S. The number of ether oxygens (including phenoxy) is 1. The molecule has 0 saturated heterocycles. The van der Waals surface area contributed by atoms with Crippen molar-refractivity contribution in [3.05, 3.63) is 59.2 Å². The maximum absolute atomic E-state index is 12.5. The van der Waals surface area contributed by atoms with Crippen molar-refractivity contribution >= 4 is 28.8 Å². The van der Waals surface area contributed by atoms with E-state index in [0.29, 0.717) is 30.6 Å². The van der Waals surface area contributed by atoms with Crippen molar-refractivity contribution in [3.63, 3.8) is 0 Å². The Balaban J connectivity index is 2.14. The van der Waals surface area contributed by atoms with Gasteiger partial charge in [0.25, 0.3) is 0 Å². The minimum atomic E-state index is -0.203. The van der Waals surface area contributed by atoms with E-state index >= 15 is 0 Å². The first kappa shape index (κ1) is 18.3. The lowest BCUT2D eigenvalue weighted by molar-refractivity contribution is -0.144. The minimum absolute atomic E-state index is 0.0127. The Labute approximate surface area is 148 Å². The Hall–Kier alpha value is -2.07. The summed E-state index contributed by atoms with van der Waals surface area (Å²) in [6.45, 7) is 4.16. The van der Waals surface area contributed by atoms with Crippen molar-refractivity contribution in [1.29, 1.82) is 0 Å². The first-order valence-electron chi connectivity index (χ1n) is 8.26. The molecule has 126 valence electrons. The molecule has 2 rings (SSSR count). The Morgan fingerprint density at radius 3 is 2.46 bits per heavy atom. The van der Waals surface area contributed by atoms with Crippen molar-refractivity contribution < 1.29 is 14.3 Å². The minimum Gasteiger partial charge on any atom is -0.465 e. The van der Waals surface area contributed by atoms with Gasteiger partial charge in [0.05, 0.1) is 6.61 Å². The van der Waals surface area contributed by atoms with Gasteiger partial charge in [-0.05, 0) is 12.0 Å². The third kappa shape index (κ3) is 4.48. The number of rotatable bonds is 7. The van der Waals surface area contributed by atoms with E-state index in [2.05, 4.69) is 0 Å². The van der Waals surface area contributed by atoms with Gasteiger partial charge in [0, 0.05) is 34.8 Å². The van der Waals surface area contributed by atoms with Gasteiger partial charge < -0.3 is 4.74 Å². The number of allylic oxidation sites excluding steroid dienone is 3. The average Bonchev–Trinajstić information content (AvgIpc) is 2.63. The molecule has 1 unspecified atom stereocenters. The first-order chi connectivity index (χ1) is 11.6. The van der Waals surface area contributed by atoms with Gasteiger partial charge in [-0.15, -0.1) is 0 Å². The van der Waals surface area contributed by atoms with Crippen LogP contribution in [0.4, 0.5) is 0 Å². The zero-order valence-electron chi connectivity index (χ0n) is 14.1. The Bertz CT molecular complexity index is 686. The predicted molar refractivity (Wildman–Crippen MR) is 99.2 cm³/mol. The number of esters is 1. The molecule has 0 aromatic heterocycles. The standard InChI is InChI=1S/C20H22O3S/c1-3-14(13-23-19(21)4-2)17-11-10-16(12-18(17)24)20(22)15-8-6-5-7-9-15/h5-11,14H,3-4,12-13H2,1-2H3. The Morgan fingerprint density at radius 2 is 1.88 bits per heavy atom. The van der Waals surface area contributed by atoms with Crippen LogP contribution in [-0.4, -0.2) is 23.2 Å². The number of hydrogen-bond donors (Lipinski definition) is 0. The SMILES string of the molecule is CCC(=O)OCC(CC)C1=CC=C(C(=O)c2ccccc2)CC1=S. The summed E-state index contributed by atoms with van der Waals surface area (Å²) in [5, 5.41) is 0. The molecule has 1 aliphatic rings. The van der Waals surface area contributed by atoms with Crippen molar-refractivity contribution in [2.45, 2.75) is 33.1 Å². The van der Waals surface area contributed by atoms with E-state index in [9.17, 15) is 9.59 Å². The van der Waals surface area contributed by atoms with E-state index in [4.69, 9.17) is 17.0 Å². The number of carbonyl (C=O) groups is 2. The Morgan fingerprint density at radius 1 is 1.17 bits per heavy atom. The summed E-state index contributed by atoms with van der Waals surface area (Å²) in [7, 11) is 0. The van der Waals surface area contributed by atoms with Crippen LogP contribution in [0, 0.1) is 5.92 Å². The molecule has 0 heterocycles. The van der Waals surface area contributed by atoms with Crippen LogP contribution >= 0.6 is 12.2 Å². The summed E-state index contributed by atoms with van der Waals surface area (Å²) in [5.41, 5.74) is 2.38. The smallest absolute Gasteiger partial charge is 0.305 e. The van der Waals surface area contributed by atoms with Gasteiger partial charge in [0.1, 0.15) is 0 Å². The van der Waals surface area contributed by atoms with E-state index < -0.39 is 0 Å². The third-order valence-electron chi connectivity index (χ3n) is 4.13. The molecule has 0 aliphatic heterocycles. The fourth-order valence-corrected chi connectivity index (χ4v) is 3.03. The highest BCUT2D eigenvalue weighted by atomic mass is 32.1. The number of benzene rings is 1. The monoisotopic (exact) mass is 342 g/mol. The van der Waals surface area contributed by atoms with Gasteiger partial charge in [-0.3, -0.25) is 9.59 Å². The zero-order valence-corrected chi connectivity index (χ0v) is 14.9. The number of ketones is 1. The van der Waals surface area contributed by atoms with Gasteiger partial charge in [-0.25, -0.2) is 0 Å². The lowest BCUT2D eigenvalue weighted by atomic mass is 9.85. The molecule has 0 amide bonds. The molecule has 1 aliphatic carbocycles. The summed E-state index contributed by atoms with van der Waals surface area (Å²) in [5.74, 6) is -0.109. The second-order valence-corrected chi connectivity index (χ2v) is 6.24. The summed E-state index contributed by atoms with van der Waals surface area (Å²) in [6.07, 6.45) is 5.43. The summed E-state index contributed by atoms with van der Waals surface area (Å²) in [6, 6.07) is 9.21. The third-order valence-corrected chi connectivity index (χ3v) is 4.51. The number of hydrogen-bond acceptors (Lipinski definition) is 4. The first-order valence-corrected chi connectivity index (χ1v) is 8.66. The van der Waals surface area contributed by atoms with E-state index in [-0.39, 0.29) is 17.7 Å². The van der Waals surface area contributed by atoms with E-state index in [1.165, 1.54) is 0 Å². The molecule has 0 fully saturated rings. The molecule has 24 heavy (non-hydrogen) atoms. The summed E-state index contributed by atoms with van der Waals surface area (Å²) in [4.78, 5) is 24.6. The fourth-order valence-electron chi connectivity index (χ4n) is 2.64. The molecule has 3 nitrogen and oxygen atoms in total. The van der Waals surface area contributed by atoms with Crippen LogP contribution in [-0.2, 0) is 9.53 Å². The molecule has 0 radical (unpaired) electrons. The van der Waals surface area contributed by atoms with Crippen LogP contribution in [0.2, 0.25) is 0 Å². The lowest BCUT2D eigenvalue weighted by Crippen LogP contribution is -2.22. The molecular weight excluding hydrogens is 320 g/mol. The molecule has 0 spiro atoms. The van der Waals surface area contributed by atoms with Gasteiger partial charge in [0.2, 0.25) is 0 Å². The van der Waals surface area contributed by atoms with Crippen molar-refractivity contribution in [3.8, 4) is 0 Å².